The van der Waals surface area contributed by atoms with Crippen molar-refractivity contribution < 1.29 is 9.84 Å². The first kappa shape index (κ1) is 11.5. The summed E-state index contributed by atoms with van der Waals surface area (Å²) < 4.78 is 5.15. The van der Waals surface area contributed by atoms with Crippen LogP contribution in [0.1, 0.15) is 38.2 Å². The maximum atomic E-state index is 10.2. The van der Waals surface area contributed by atoms with Crippen LogP contribution in [0.3, 0.4) is 0 Å². The van der Waals surface area contributed by atoms with Crippen molar-refractivity contribution in [3.63, 3.8) is 0 Å². The molecule has 0 saturated heterocycles. The van der Waals surface area contributed by atoms with E-state index >= 15 is 0 Å². The Morgan fingerprint density at radius 3 is 2.50 bits per heavy atom. The number of rotatable bonds is 2. The van der Waals surface area contributed by atoms with Gasteiger partial charge in [-0.05, 0) is 30.5 Å². The van der Waals surface area contributed by atoms with Gasteiger partial charge in [-0.3, -0.25) is 0 Å². The highest BCUT2D eigenvalue weighted by molar-refractivity contribution is 5.33. The molecule has 0 radical (unpaired) electrons. The third kappa shape index (κ3) is 1.94. The highest BCUT2D eigenvalue weighted by Gasteiger charge is 2.36. The average Bonchev–Trinajstić information content (AvgIpc) is 2.33. The van der Waals surface area contributed by atoms with Gasteiger partial charge >= 0.3 is 0 Å². The predicted molar refractivity (Wildman–Crippen MR) is 64.8 cm³/mol. The van der Waals surface area contributed by atoms with E-state index in [-0.39, 0.29) is 11.5 Å². The molecule has 1 aliphatic carbocycles. The van der Waals surface area contributed by atoms with Crippen LogP contribution in [0.15, 0.2) is 24.3 Å². The topological polar surface area (TPSA) is 29.5 Å². The summed E-state index contributed by atoms with van der Waals surface area (Å²) in [6, 6.07) is 8.10. The second-order valence-electron chi connectivity index (χ2n) is 4.91. The van der Waals surface area contributed by atoms with Crippen LogP contribution in [0.4, 0.5) is 0 Å². The van der Waals surface area contributed by atoms with E-state index in [0.717, 1.165) is 25.0 Å². The average molecular weight is 220 g/mol. The Hall–Kier alpha value is -1.02. The van der Waals surface area contributed by atoms with Crippen molar-refractivity contribution in [3.8, 4) is 5.75 Å². The summed E-state index contributed by atoms with van der Waals surface area (Å²) in [5, 5.41) is 10.2. The molecule has 1 saturated carbocycles. The number of methoxy groups -OCH3 is 1. The van der Waals surface area contributed by atoms with Gasteiger partial charge in [0, 0.05) is 5.41 Å². The quantitative estimate of drug-likeness (QED) is 0.830. The van der Waals surface area contributed by atoms with Crippen LogP contribution in [0.25, 0.3) is 0 Å². The van der Waals surface area contributed by atoms with Crippen LogP contribution in [0.5, 0.6) is 5.75 Å². The number of ether oxygens (including phenoxy) is 1. The first-order chi connectivity index (χ1) is 7.66. The molecule has 16 heavy (non-hydrogen) atoms. The molecule has 1 aromatic carbocycles. The molecule has 1 N–H and O–H groups in total. The van der Waals surface area contributed by atoms with Gasteiger partial charge in [0.25, 0.3) is 0 Å². The van der Waals surface area contributed by atoms with E-state index in [1.165, 1.54) is 12.0 Å². The molecule has 0 aliphatic heterocycles. The number of hydrogen-bond donors (Lipinski definition) is 1. The van der Waals surface area contributed by atoms with Gasteiger partial charge in [0.2, 0.25) is 0 Å². The molecule has 0 aromatic heterocycles. The fraction of sp³-hybridized carbons (Fsp3) is 0.571. The Balaban J connectivity index is 2.26. The minimum Gasteiger partial charge on any atom is -0.497 e. The zero-order chi connectivity index (χ0) is 11.6. The summed E-state index contributed by atoms with van der Waals surface area (Å²) in [5.74, 6) is 0.873. The van der Waals surface area contributed by atoms with E-state index in [2.05, 4.69) is 19.1 Å². The van der Waals surface area contributed by atoms with Crippen LogP contribution in [0, 0.1) is 0 Å². The van der Waals surface area contributed by atoms with Crippen molar-refractivity contribution in [1.29, 1.82) is 0 Å². The molecule has 0 bridgehead atoms. The van der Waals surface area contributed by atoms with Gasteiger partial charge in [-0.2, -0.15) is 0 Å². The van der Waals surface area contributed by atoms with Crippen LogP contribution in [0.2, 0.25) is 0 Å². The first-order valence-electron chi connectivity index (χ1n) is 5.99. The Kier molecular flexibility index (Phi) is 3.20. The standard InChI is InChI=1S/C14H20O2/c1-14(10-4-3-5-13(14)15)11-6-8-12(16-2)9-7-11/h6-9,13,15H,3-5,10H2,1-2H3. The summed E-state index contributed by atoms with van der Waals surface area (Å²) in [4.78, 5) is 0. The zero-order valence-corrected chi connectivity index (χ0v) is 10.1. The Bertz CT molecular complexity index is 344. The molecule has 88 valence electrons. The second kappa shape index (κ2) is 4.46. The van der Waals surface area contributed by atoms with Crippen molar-refractivity contribution >= 4 is 0 Å². The van der Waals surface area contributed by atoms with Gasteiger partial charge < -0.3 is 9.84 Å². The predicted octanol–water partition coefficient (Wildman–Crippen LogP) is 2.89. The molecule has 2 rings (SSSR count). The van der Waals surface area contributed by atoms with E-state index in [0.29, 0.717) is 0 Å². The Morgan fingerprint density at radius 1 is 1.25 bits per heavy atom. The van der Waals surface area contributed by atoms with Crippen molar-refractivity contribution in [2.45, 2.75) is 44.1 Å². The largest absolute Gasteiger partial charge is 0.497 e. The lowest BCUT2D eigenvalue weighted by Crippen LogP contribution is -2.39. The van der Waals surface area contributed by atoms with Crippen molar-refractivity contribution in [3.05, 3.63) is 29.8 Å². The van der Waals surface area contributed by atoms with E-state index in [4.69, 9.17) is 4.74 Å². The van der Waals surface area contributed by atoms with Crippen molar-refractivity contribution in [1.82, 2.24) is 0 Å². The summed E-state index contributed by atoms with van der Waals surface area (Å²) >= 11 is 0. The number of benzene rings is 1. The molecule has 1 aliphatic rings. The lowest BCUT2D eigenvalue weighted by molar-refractivity contribution is 0.0521. The van der Waals surface area contributed by atoms with Crippen LogP contribution >= 0.6 is 0 Å². The third-order valence-corrected chi connectivity index (χ3v) is 3.91. The highest BCUT2D eigenvalue weighted by atomic mass is 16.5. The molecule has 1 aromatic rings. The highest BCUT2D eigenvalue weighted by Crippen LogP contribution is 2.39. The number of aliphatic hydroxyl groups is 1. The molecular formula is C14H20O2. The molecular weight excluding hydrogens is 200 g/mol. The van der Waals surface area contributed by atoms with E-state index in [9.17, 15) is 5.11 Å². The fourth-order valence-electron chi connectivity index (χ4n) is 2.62. The summed E-state index contributed by atoms with van der Waals surface area (Å²) in [6.07, 6.45) is 4.13. The second-order valence-corrected chi connectivity index (χ2v) is 4.91. The molecule has 0 amide bonds. The maximum Gasteiger partial charge on any atom is 0.118 e. The van der Waals surface area contributed by atoms with Crippen molar-refractivity contribution in [2.24, 2.45) is 0 Å². The first-order valence-corrected chi connectivity index (χ1v) is 5.99. The Morgan fingerprint density at radius 2 is 1.94 bits per heavy atom. The molecule has 2 nitrogen and oxygen atoms in total. The van der Waals surface area contributed by atoms with Crippen molar-refractivity contribution in [2.75, 3.05) is 7.11 Å². The number of hydrogen-bond acceptors (Lipinski definition) is 2. The maximum absolute atomic E-state index is 10.2. The third-order valence-electron chi connectivity index (χ3n) is 3.91. The summed E-state index contributed by atoms with van der Waals surface area (Å²) in [5.41, 5.74) is 1.14. The van der Waals surface area contributed by atoms with Gasteiger partial charge in [-0.25, -0.2) is 0 Å². The molecule has 1 fully saturated rings. The van der Waals surface area contributed by atoms with Gasteiger partial charge in [0.15, 0.2) is 0 Å². The zero-order valence-electron chi connectivity index (χ0n) is 10.1. The fourth-order valence-corrected chi connectivity index (χ4v) is 2.62. The lowest BCUT2D eigenvalue weighted by atomic mass is 9.69. The summed E-state index contributed by atoms with van der Waals surface area (Å²) in [7, 11) is 1.67. The van der Waals surface area contributed by atoms with E-state index in [1.807, 2.05) is 12.1 Å². The van der Waals surface area contributed by atoms with Gasteiger partial charge in [-0.15, -0.1) is 0 Å². The number of aliphatic hydroxyl groups excluding tert-OH is 1. The molecule has 2 atom stereocenters. The molecule has 0 spiro atoms. The van der Waals surface area contributed by atoms with Gasteiger partial charge in [0.1, 0.15) is 5.75 Å². The van der Waals surface area contributed by atoms with Gasteiger partial charge in [0.05, 0.1) is 13.2 Å². The van der Waals surface area contributed by atoms with Crippen LogP contribution in [-0.2, 0) is 5.41 Å². The van der Waals surface area contributed by atoms with Crippen LogP contribution in [-0.4, -0.2) is 18.3 Å². The minimum atomic E-state index is -0.213. The SMILES string of the molecule is COc1ccc(C2(C)CCCCC2O)cc1. The van der Waals surface area contributed by atoms with E-state index < -0.39 is 0 Å². The normalized spacial score (nSPS) is 30.1. The molecule has 0 heterocycles. The van der Waals surface area contributed by atoms with Gasteiger partial charge in [-0.1, -0.05) is 31.9 Å². The molecule has 2 heteroatoms. The van der Waals surface area contributed by atoms with Crippen LogP contribution < -0.4 is 4.74 Å². The monoisotopic (exact) mass is 220 g/mol. The van der Waals surface area contributed by atoms with E-state index in [1.54, 1.807) is 7.11 Å². The minimum absolute atomic E-state index is 0.0788. The summed E-state index contributed by atoms with van der Waals surface area (Å²) in [6.45, 7) is 2.17. The Labute approximate surface area is 97.3 Å². The lowest BCUT2D eigenvalue weighted by Gasteiger charge is -2.39. The smallest absolute Gasteiger partial charge is 0.118 e. The molecule has 2 unspecified atom stereocenters.